The van der Waals surface area contributed by atoms with Crippen LogP contribution >= 0.6 is 0 Å². The first kappa shape index (κ1) is 14.7. The molecule has 0 bridgehead atoms. The van der Waals surface area contributed by atoms with Crippen LogP contribution in [-0.2, 0) is 4.74 Å². The summed E-state index contributed by atoms with van der Waals surface area (Å²) >= 11 is 0. The minimum Gasteiger partial charge on any atom is -0.377 e. The molecule has 20 heavy (non-hydrogen) atoms. The molecule has 106 valence electrons. The summed E-state index contributed by atoms with van der Waals surface area (Å²) in [7, 11) is 1.56. The van der Waals surface area contributed by atoms with Crippen molar-refractivity contribution >= 4 is 6.29 Å². The molecule has 1 aromatic carbocycles. The topological polar surface area (TPSA) is 46.5 Å². The normalized spacial score (nSPS) is 25.6. The van der Waals surface area contributed by atoms with Gasteiger partial charge in [0.25, 0.3) is 0 Å². The van der Waals surface area contributed by atoms with E-state index >= 15 is 0 Å². The fraction of sp³-hybridized carbons (Fsp3) is 0.438. The molecule has 2 unspecified atom stereocenters. The van der Waals surface area contributed by atoms with Gasteiger partial charge in [-0.3, -0.25) is 4.79 Å². The second-order valence-corrected chi connectivity index (χ2v) is 5.00. The van der Waals surface area contributed by atoms with Crippen molar-refractivity contribution < 1.29 is 19.0 Å². The van der Waals surface area contributed by atoms with E-state index in [4.69, 9.17) is 4.74 Å². The number of halogens is 1. The maximum absolute atomic E-state index is 13.5. The zero-order chi connectivity index (χ0) is 14.6. The van der Waals surface area contributed by atoms with Crippen molar-refractivity contribution in [2.75, 3.05) is 7.11 Å². The van der Waals surface area contributed by atoms with E-state index in [9.17, 15) is 14.3 Å². The first-order valence-electron chi connectivity index (χ1n) is 6.62. The van der Waals surface area contributed by atoms with Crippen LogP contribution in [0.5, 0.6) is 0 Å². The number of aliphatic hydroxyl groups is 1. The molecule has 2 atom stereocenters. The predicted octanol–water partition coefficient (Wildman–Crippen LogP) is 2.31. The lowest BCUT2D eigenvalue weighted by atomic mass is 9.82. The Balaban J connectivity index is 2.24. The number of carbonyl (C=O) groups is 1. The number of hydrogen-bond donors (Lipinski definition) is 1. The lowest BCUT2D eigenvalue weighted by Crippen LogP contribution is -2.44. The zero-order valence-electron chi connectivity index (χ0n) is 11.4. The van der Waals surface area contributed by atoms with E-state index in [2.05, 4.69) is 11.8 Å². The monoisotopic (exact) mass is 276 g/mol. The van der Waals surface area contributed by atoms with Gasteiger partial charge in [-0.05, 0) is 37.5 Å². The molecule has 0 spiro atoms. The summed E-state index contributed by atoms with van der Waals surface area (Å²) in [6, 6.07) is 4.14. The van der Waals surface area contributed by atoms with Crippen molar-refractivity contribution in [3.05, 3.63) is 35.1 Å². The maximum atomic E-state index is 13.5. The molecule has 0 aromatic heterocycles. The highest BCUT2D eigenvalue weighted by molar-refractivity contribution is 5.75. The van der Waals surface area contributed by atoms with Gasteiger partial charge in [-0.2, -0.15) is 0 Å². The molecule has 1 N–H and O–H groups in total. The number of ether oxygens (including phenoxy) is 1. The van der Waals surface area contributed by atoms with Gasteiger partial charge in [0.2, 0.25) is 0 Å². The molecule has 1 aliphatic rings. The van der Waals surface area contributed by atoms with Gasteiger partial charge in [0.05, 0.1) is 11.7 Å². The van der Waals surface area contributed by atoms with Crippen LogP contribution in [0.1, 0.15) is 41.6 Å². The fourth-order valence-electron chi connectivity index (χ4n) is 2.46. The molecule has 0 amide bonds. The van der Waals surface area contributed by atoms with Crippen LogP contribution in [0.3, 0.4) is 0 Å². The standard InChI is InChI=1S/C16H17FO3/c1-20-15-4-2-3-8-16(15,19)9-7-12-5-6-13(11-18)14(17)10-12/h5-6,10-11,15,19H,2-4,8H2,1H3. The summed E-state index contributed by atoms with van der Waals surface area (Å²) in [5, 5.41) is 10.5. The Hall–Kier alpha value is -1.70. The van der Waals surface area contributed by atoms with Gasteiger partial charge in [-0.25, -0.2) is 4.39 Å². The average molecular weight is 276 g/mol. The lowest BCUT2D eigenvalue weighted by Gasteiger charge is -2.34. The van der Waals surface area contributed by atoms with Crippen molar-refractivity contribution in [2.45, 2.75) is 37.4 Å². The molecular weight excluding hydrogens is 259 g/mol. The SMILES string of the molecule is COC1CCCCC1(O)C#Cc1ccc(C=O)c(F)c1. The largest absolute Gasteiger partial charge is 0.377 e. The molecule has 0 saturated heterocycles. The third-order valence-corrected chi connectivity index (χ3v) is 3.64. The zero-order valence-corrected chi connectivity index (χ0v) is 11.4. The second-order valence-electron chi connectivity index (χ2n) is 5.00. The highest BCUT2D eigenvalue weighted by atomic mass is 19.1. The minimum absolute atomic E-state index is 0.00157. The molecule has 0 heterocycles. The predicted molar refractivity (Wildman–Crippen MR) is 72.9 cm³/mol. The average Bonchev–Trinajstić information content (AvgIpc) is 2.46. The van der Waals surface area contributed by atoms with Gasteiger partial charge < -0.3 is 9.84 Å². The molecule has 1 aromatic rings. The van der Waals surface area contributed by atoms with E-state index in [0.29, 0.717) is 18.3 Å². The molecule has 2 rings (SSSR count). The Morgan fingerprint density at radius 1 is 1.50 bits per heavy atom. The third-order valence-electron chi connectivity index (χ3n) is 3.64. The molecule has 1 saturated carbocycles. The van der Waals surface area contributed by atoms with Crippen LogP contribution < -0.4 is 0 Å². The number of methoxy groups -OCH3 is 1. The Morgan fingerprint density at radius 3 is 2.95 bits per heavy atom. The van der Waals surface area contributed by atoms with Crippen LogP contribution in [0.25, 0.3) is 0 Å². The Bertz CT molecular complexity index is 559. The van der Waals surface area contributed by atoms with Crippen molar-refractivity contribution in [3.63, 3.8) is 0 Å². The third kappa shape index (κ3) is 3.06. The van der Waals surface area contributed by atoms with Gasteiger partial charge in [0.15, 0.2) is 11.9 Å². The van der Waals surface area contributed by atoms with Crippen LogP contribution in [0.4, 0.5) is 4.39 Å². The Labute approximate surface area is 117 Å². The van der Waals surface area contributed by atoms with Crippen LogP contribution in [0, 0.1) is 17.7 Å². The van der Waals surface area contributed by atoms with E-state index in [1.807, 2.05) is 0 Å². The van der Waals surface area contributed by atoms with Crippen molar-refractivity contribution in [3.8, 4) is 11.8 Å². The van der Waals surface area contributed by atoms with E-state index in [1.54, 1.807) is 13.2 Å². The summed E-state index contributed by atoms with van der Waals surface area (Å²) in [5.41, 5.74) is -0.754. The van der Waals surface area contributed by atoms with Gasteiger partial charge in [0, 0.05) is 12.7 Å². The molecule has 4 heteroatoms. The van der Waals surface area contributed by atoms with E-state index in [0.717, 1.165) is 19.3 Å². The second kappa shape index (κ2) is 6.17. The number of rotatable bonds is 2. The molecule has 1 aliphatic carbocycles. The van der Waals surface area contributed by atoms with E-state index in [-0.39, 0.29) is 11.7 Å². The highest BCUT2D eigenvalue weighted by Gasteiger charge is 2.37. The maximum Gasteiger partial charge on any atom is 0.152 e. The number of benzene rings is 1. The first-order chi connectivity index (χ1) is 9.59. The van der Waals surface area contributed by atoms with Crippen LogP contribution in [0.15, 0.2) is 18.2 Å². The summed E-state index contributed by atoms with van der Waals surface area (Å²) < 4.78 is 18.8. The summed E-state index contributed by atoms with van der Waals surface area (Å²) in [6.07, 6.45) is 3.35. The number of hydrogen-bond acceptors (Lipinski definition) is 3. The molecule has 0 radical (unpaired) electrons. The fourth-order valence-corrected chi connectivity index (χ4v) is 2.46. The van der Waals surface area contributed by atoms with Crippen LogP contribution in [-0.4, -0.2) is 30.2 Å². The Morgan fingerprint density at radius 2 is 2.30 bits per heavy atom. The number of aldehydes is 1. The lowest BCUT2D eigenvalue weighted by molar-refractivity contribution is -0.0795. The van der Waals surface area contributed by atoms with Crippen molar-refractivity contribution in [1.82, 2.24) is 0 Å². The smallest absolute Gasteiger partial charge is 0.152 e. The van der Waals surface area contributed by atoms with Gasteiger partial charge in [-0.1, -0.05) is 18.3 Å². The van der Waals surface area contributed by atoms with E-state index < -0.39 is 11.4 Å². The summed E-state index contributed by atoms with van der Waals surface area (Å²) in [4.78, 5) is 10.5. The van der Waals surface area contributed by atoms with Crippen LogP contribution in [0.2, 0.25) is 0 Å². The Kier molecular flexibility index (Phi) is 4.53. The van der Waals surface area contributed by atoms with E-state index in [1.165, 1.54) is 12.1 Å². The highest BCUT2D eigenvalue weighted by Crippen LogP contribution is 2.30. The van der Waals surface area contributed by atoms with Crippen molar-refractivity contribution in [2.24, 2.45) is 0 Å². The number of carbonyl (C=O) groups excluding carboxylic acids is 1. The van der Waals surface area contributed by atoms with Gasteiger partial charge >= 0.3 is 0 Å². The quantitative estimate of drug-likeness (QED) is 0.666. The molecule has 1 fully saturated rings. The minimum atomic E-state index is -1.19. The van der Waals surface area contributed by atoms with Crippen molar-refractivity contribution in [1.29, 1.82) is 0 Å². The summed E-state index contributed by atoms with van der Waals surface area (Å²) in [5.74, 6) is 4.98. The molecule has 0 aliphatic heterocycles. The molecular formula is C16H17FO3. The summed E-state index contributed by atoms with van der Waals surface area (Å²) in [6.45, 7) is 0. The molecule has 3 nitrogen and oxygen atoms in total. The van der Waals surface area contributed by atoms with Gasteiger partial charge in [0.1, 0.15) is 5.82 Å². The first-order valence-corrected chi connectivity index (χ1v) is 6.62. The van der Waals surface area contributed by atoms with Gasteiger partial charge in [-0.15, -0.1) is 0 Å².